The van der Waals surface area contributed by atoms with Crippen molar-refractivity contribution in [1.29, 1.82) is 0 Å². The number of nitrogens with two attached hydrogens (primary N) is 1. The smallest absolute Gasteiger partial charge is 0.289 e. The summed E-state index contributed by atoms with van der Waals surface area (Å²) in [6, 6.07) is 11.0. The van der Waals surface area contributed by atoms with Gasteiger partial charge in [0, 0.05) is 20.1 Å². The first-order valence-corrected chi connectivity index (χ1v) is 11.8. The van der Waals surface area contributed by atoms with Gasteiger partial charge in [-0.15, -0.1) is 0 Å². The van der Waals surface area contributed by atoms with Crippen molar-refractivity contribution in [2.45, 2.75) is 17.9 Å². The summed E-state index contributed by atoms with van der Waals surface area (Å²) in [6.45, 7) is 0.437. The van der Waals surface area contributed by atoms with Crippen molar-refractivity contribution in [3.63, 3.8) is 0 Å². The number of hydrogen-bond acceptors (Lipinski definition) is 5. The molecule has 2 amide bonds. The van der Waals surface area contributed by atoms with Gasteiger partial charge in [0.2, 0.25) is 10.0 Å². The Labute approximate surface area is 195 Å². The highest BCUT2D eigenvalue weighted by Crippen LogP contribution is 2.24. The van der Waals surface area contributed by atoms with E-state index < -0.39 is 27.6 Å². The molecular weight excluding hydrogens is 477 g/mol. The quantitative estimate of drug-likeness (QED) is 0.608. The minimum atomic E-state index is -3.78. The van der Waals surface area contributed by atoms with Gasteiger partial charge in [-0.2, -0.15) is 0 Å². The molecule has 1 heterocycles. The van der Waals surface area contributed by atoms with Gasteiger partial charge in [0.15, 0.2) is 5.76 Å². The van der Waals surface area contributed by atoms with E-state index in [4.69, 9.17) is 28.3 Å². The van der Waals surface area contributed by atoms with E-state index in [0.29, 0.717) is 16.5 Å². The summed E-state index contributed by atoms with van der Waals surface area (Å²) in [7, 11) is -2.22. The molecular formula is C21H21Cl2N3O5S. The van der Waals surface area contributed by atoms with E-state index in [2.05, 4.69) is 0 Å². The van der Waals surface area contributed by atoms with Crippen LogP contribution in [0.1, 0.15) is 11.1 Å². The second-order valence-corrected chi connectivity index (χ2v) is 9.78. The number of hydrogen-bond donors (Lipinski definition) is 2. The van der Waals surface area contributed by atoms with Gasteiger partial charge in [-0.3, -0.25) is 9.59 Å². The average Bonchev–Trinajstić information content (AvgIpc) is 3.02. The third-order valence-corrected chi connectivity index (χ3v) is 6.72. The highest BCUT2D eigenvalue weighted by Gasteiger charge is 2.34. The Balaban J connectivity index is 1.62. The van der Waals surface area contributed by atoms with Gasteiger partial charge in [-0.05, 0) is 41.8 Å². The maximum Gasteiger partial charge on any atom is 0.289 e. The zero-order valence-electron chi connectivity index (χ0n) is 17.1. The predicted molar refractivity (Wildman–Crippen MR) is 121 cm³/mol. The minimum absolute atomic E-state index is 0.00398. The van der Waals surface area contributed by atoms with Crippen molar-refractivity contribution >= 4 is 45.0 Å². The first-order valence-electron chi connectivity index (χ1n) is 9.50. The number of halogens is 2. The maximum atomic E-state index is 12.8. The summed E-state index contributed by atoms with van der Waals surface area (Å²) in [6.07, 6.45) is 0.407. The Bertz CT molecular complexity index is 1200. The molecule has 0 fully saturated rings. The number of rotatable bonds is 7. The molecule has 0 unspecified atom stereocenters. The lowest BCUT2D eigenvalue weighted by Crippen LogP contribution is -2.32. The van der Waals surface area contributed by atoms with Crippen molar-refractivity contribution in [3.8, 4) is 0 Å². The van der Waals surface area contributed by atoms with Crippen molar-refractivity contribution in [2.24, 2.45) is 5.14 Å². The Kier molecular flexibility index (Phi) is 7.14. The van der Waals surface area contributed by atoms with Crippen LogP contribution < -0.4 is 5.14 Å². The lowest BCUT2D eigenvalue weighted by molar-refractivity contribution is -0.128. The molecule has 3 rings (SSSR count). The standard InChI is InChI=1S/C21H21Cl2N3O5S/c1-25(11-14-4-7-17(22)18(23)10-14)20(28)16-12-26(21(29)19(16)27)9-8-13-2-5-15(6-3-13)32(24,30)31/h2-7,10,27H,8-9,11-12H2,1H3,(H2,24,30,31). The van der Waals surface area contributed by atoms with Gasteiger partial charge in [-0.25, -0.2) is 13.6 Å². The predicted octanol–water partition coefficient (Wildman–Crippen LogP) is 2.50. The third-order valence-electron chi connectivity index (χ3n) is 5.06. The summed E-state index contributed by atoms with van der Waals surface area (Å²) in [5.41, 5.74) is 1.54. The largest absolute Gasteiger partial charge is 0.503 e. The van der Waals surface area contributed by atoms with Crippen LogP contribution in [0.2, 0.25) is 10.0 Å². The van der Waals surface area contributed by atoms with Crippen LogP contribution in [-0.2, 0) is 32.6 Å². The molecule has 2 aromatic carbocycles. The van der Waals surface area contributed by atoms with E-state index in [1.807, 2.05) is 0 Å². The van der Waals surface area contributed by atoms with E-state index in [9.17, 15) is 23.1 Å². The maximum absolute atomic E-state index is 12.8. The third kappa shape index (κ3) is 5.42. The molecule has 32 heavy (non-hydrogen) atoms. The Morgan fingerprint density at radius 1 is 1.12 bits per heavy atom. The number of amides is 2. The molecule has 0 bridgehead atoms. The zero-order valence-corrected chi connectivity index (χ0v) is 19.4. The van der Waals surface area contributed by atoms with Crippen LogP contribution in [0.4, 0.5) is 0 Å². The van der Waals surface area contributed by atoms with Crippen molar-refractivity contribution < 1.29 is 23.1 Å². The first-order chi connectivity index (χ1) is 15.0. The van der Waals surface area contributed by atoms with E-state index >= 15 is 0 Å². The summed E-state index contributed by atoms with van der Waals surface area (Å²) < 4.78 is 22.7. The SMILES string of the molecule is CN(Cc1ccc(Cl)c(Cl)c1)C(=O)C1=C(O)C(=O)N(CCc2ccc(S(N)(=O)=O)cc2)C1. The van der Waals surface area contributed by atoms with Crippen molar-refractivity contribution in [2.75, 3.05) is 20.1 Å². The Morgan fingerprint density at radius 2 is 1.75 bits per heavy atom. The van der Waals surface area contributed by atoms with Gasteiger partial charge < -0.3 is 14.9 Å². The number of aliphatic hydroxyl groups excluding tert-OH is 1. The lowest BCUT2D eigenvalue weighted by atomic mass is 10.1. The van der Waals surface area contributed by atoms with Crippen LogP contribution in [0.3, 0.4) is 0 Å². The van der Waals surface area contributed by atoms with Crippen LogP contribution in [0.5, 0.6) is 0 Å². The molecule has 0 saturated carbocycles. The van der Waals surface area contributed by atoms with Crippen molar-refractivity contribution in [3.05, 3.63) is 75.0 Å². The number of carbonyl (C=O) groups is 2. The fraction of sp³-hybridized carbons (Fsp3) is 0.238. The molecule has 11 heteroatoms. The van der Waals surface area contributed by atoms with Gasteiger partial charge in [0.05, 0.1) is 27.1 Å². The van der Waals surface area contributed by atoms with Gasteiger partial charge >= 0.3 is 0 Å². The highest BCUT2D eigenvalue weighted by atomic mass is 35.5. The molecule has 0 spiro atoms. The molecule has 0 aromatic heterocycles. The number of benzene rings is 2. The molecule has 1 aliphatic rings. The molecule has 1 aliphatic heterocycles. The van der Waals surface area contributed by atoms with E-state index in [1.165, 1.54) is 21.9 Å². The topological polar surface area (TPSA) is 121 Å². The molecule has 0 radical (unpaired) electrons. The van der Waals surface area contributed by atoms with Crippen LogP contribution in [0.15, 0.2) is 58.7 Å². The molecule has 8 nitrogen and oxygen atoms in total. The molecule has 2 aromatic rings. The van der Waals surface area contributed by atoms with E-state index in [0.717, 1.165) is 11.1 Å². The summed E-state index contributed by atoms with van der Waals surface area (Å²) >= 11 is 11.9. The van der Waals surface area contributed by atoms with Crippen LogP contribution >= 0.6 is 23.2 Å². The first kappa shape index (κ1) is 24.1. The molecule has 0 atom stereocenters. The normalized spacial score (nSPS) is 14.2. The van der Waals surface area contributed by atoms with E-state index in [1.54, 1.807) is 37.4 Å². The number of sulfonamides is 1. The van der Waals surface area contributed by atoms with E-state index in [-0.39, 0.29) is 30.1 Å². The minimum Gasteiger partial charge on any atom is -0.503 e. The number of carbonyl (C=O) groups excluding carboxylic acids is 2. The highest BCUT2D eigenvalue weighted by molar-refractivity contribution is 7.89. The number of aliphatic hydroxyl groups is 1. The second-order valence-electron chi connectivity index (χ2n) is 7.40. The number of nitrogens with zero attached hydrogens (tertiary/aromatic N) is 2. The molecule has 3 N–H and O–H groups in total. The zero-order chi connectivity index (χ0) is 23.6. The van der Waals surface area contributed by atoms with Gasteiger partial charge in [-0.1, -0.05) is 41.4 Å². The fourth-order valence-electron chi connectivity index (χ4n) is 3.29. The fourth-order valence-corrected chi connectivity index (χ4v) is 4.13. The second kappa shape index (κ2) is 9.50. The molecule has 0 saturated heterocycles. The van der Waals surface area contributed by atoms with Gasteiger partial charge in [0.1, 0.15) is 0 Å². The number of likely N-dealkylation sites (N-methyl/N-ethyl adjacent to an activating group) is 1. The van der Waals surface area contributed by atoms with Crippen LogP contribution in [0, 0.1) is 0 Å². The van der Waals surface area contributed by atoms with Gasteiger partial charge in [0.25, 0.3) is 11.8 Å². The monoisotopic (exact) mass is 497 g/mol. The lowest BCUT2D eigenvalue weighted by Gasteiger charge is -2.19. The van der Waals surface area contributed by atoms with Crippen molar-refractivity contribution in [1.82, 2.24) is 9.80 Å². The summed E-state index contributed by atoms with van der Waals surface area (Å²) in [4.78, 5) is 28.0. The number of primary sulfonamides is 1. The average molecular weight is 498 g/mol. The summed E-state index contributed by atoms with van der Waals surface area (Å²) in [5.74, 6) is -1.67. The molecule has 0 aliphatic carbocycles. The Hall–Kier alpha value is -2.59. The molecule has 170 valence electrons. The summed E-state index contributed by atoms with van der Waals surface area (Å²) in [5, 5.41) is 16.1. The van der Waals surface area contributed by atoms with Crippen LogP contribution in [-0.4, -0.2) is 55.3 Å². The van der Waals surface area contributed by atoms with Crippen LogP contribution in [0.25, 0.3) is 0 Å². The Morgan fingerprint density at radius 3 is 2.34 bits per heavy atom.